The minimum absolute atomic E-state index is 0.0763. The third-order valence-corrected chi connectivity index (χ3v) is 4.25. The molecule has 1 amide bonds. The van der Waals surface area contributed by atoms with Crippen LogP contribution in [-0.2, 0) is 4.74 Å². The fourth-order valence-corrected chi connectivity index (χ4v) is 3.83. The smallest absolute Gasteiger partial charge is 0.410 e. The molecule has 3 fully saturated rings. The molecule has 4 atom stereocenters. The lowest BCUT2D eigenvalue weighted by Gasteiger charge is -2.23. The average molecular weight is 195 g/mol. The molecule has 2 saturated carbocycles. The summed E-state index contributed by atoms with van der Waals surface area (Å²) in [4.78, 5) is 13.6. The van der Waals surface area contributed by atoms with Gasteiger partial charge in [0.05, 0.1) is 6.61 Å². The Bertz CT molecular complexity index is 264. The summed E-state index contributed by atoms with van der Waals surface area (Å²) in [6, 6.07) is 0.526. The van der Waals surface area contributed by atoms with E-state index in [2.05, 4.69) is 0 Å². The summed E-state index contributed by atoms with van der Waals surface area (Å²) in [5.41, 5.74) is 0. The van der Waals surface area contributed by atoms with Crippen LogP contribution in [0.15, 0.2) is 0 Å². The maximum atomic E-state index is 11.7. The van der Waals surface area contributed by atoms with Gasteiger partial charge in [-0.2, -0.15) is 0 Å². The highest BCUT2D eigenvalue weighted by Crippen LogP contribution is 2.54. The molecule has 14 heavy (non-hydrogen) atoms. The highest BCUT2D eigenvalue weighted by molar-refractivity contribution is 5.68. The number of ether oxygens (including phenoxy) is 1. The Hall–Kier alpha value is -0.730. The fourth-order valence-electron chi connectivity index (χ4n) is 3.83. The summed E-state index contributed by atoms with van der Waals surface area (Å²) in [5, 5.41) is 0. The van der Waals surface area contributed by atoms with E-state index in [-0.39, 0.29) is 6.09 Å². The first-order chi connectivity index (χ1) is 6.79. The molecule has 3 aliphatic rings. The molecule has 3 nitrogen and oxygen atoms in total. The minimum Gasteiger partial charge on any atom is -0.450 e. The lowest BCUT2D eigenvalue weighted by Crippen LogP contribution is -2.36. The zero-order valence-electron chi connectivity index (χ0n) is 8.61. The van der Waals surface area contributed by atoms with Crippen molar-refractivity contribution in [1.29, 1.82) is 0 Å². The van der Waals surface area contributed by atoms with Crippen LogP contribution >= 0.6 is 0 Å². The van der Waals surface area contributed by atoms with Crippen LogP contribution in [0, 0.1) is 17.8 Å². The Kier molecular flexibility index (Phi) is 1.76. The van der Waals surface area contributed by atoms with Crippen LogP contribution in [0.25, 0.3) is 0 Å². The van der Waals surface area contributed by atoms with Gasteiger partial charge in [0.2, 0.25) is 0 Å². The maximum absolute atomic E-state index is 11.7. The molecule has 0 radical (unpaired) electrons. The lowest BCUT2D eigenvalue weighted by molar-refractivity contribution is 0.101. The van der Waals surface area contributed by atoms with E-state index in [1.165, 1.54) is 19.3 Å². The lowest BCUT2D eigenvalue weighted by atomic mass is 9.90. The molecule has 78 valence electrons. The Morgan fingerprint density at radius 3 is 2.93 bits per heavy atom. The number of nitrogens with zero attached hydrogens (tertiary/aromatic N) is 1. The normalized spacial score (nSPS) is 43.4. The first-order valence-corrected chi connectivity index (χ1v) is 5.73. The Morgan fingerprint density at radius 1 is 1.43 bits per heavy atom. The van der Waals surface area contributed by atoms with Crippen molar-refractivity contribution in [2.75, 3.05) is 13.2 Å². The van der Waals surface area contributed by atoms with Gasteiger partial charge in [0.1, 0.15) is 0 Å². The van der Waals surface area contributed by atoms with Crippen molar-refractivity contribution in [3.63, 3.8) is 0 Å². The van der Waals surface area contributed by atoms with E-state index in [4.69, 9.17) is 4.74 Å². The molecule has 0 spiro atoms. The zero-order valence-corrected chi connectivity index (χ0v) is 8.61. The maximum Gasteiger partial charge on any atom is 0.410 e. The topological polar surface area (TPSA) is 29.5 Å². The number of carbonyl (C=O) groups excluding carboxylic acids is 1. The van der Waals surface area contributed by atoms with Gasteiger partial charge in [0.25, 0.3) is 0 Å². The van der Waals surface area contributed by atoms with Crippen LogP contribution in [0.5, 0.6) is 0 Å². The second kappa shape index (κ2) is 2.88. The van der Waals surface area contributed by atoms with Gasteiger partial charge in [-0.3, -0.25) is 0 Å². The third kappa shape index (κ3) is 1.01. The first kappa shape index (κ1) is 8.57. The van der Waals surface area contributed by atoms with E-state index in [1.807, 2.05) is 11.8 Å². The molecule has 0 aromatic heterocycles. The monoisotopic (exact) mass is 195 g/mol. The molecular weight excluding hydrogens is 178 g/mol. The van der Waals surface area contributed by atoms with Crippen molar-refractivity contribution < 1.29 is 9.53 Å². The second-order valence-corrected chi connectivity index (χ2v) is 4.92. The number of likely N-dealkylation sites (tertiary alicyclic amines) is 1. The van der Waals surface area contributed by atoms with Crippen molar-refractivity contribution >= 4 is 6.09 Å². The van der Waals surface area contributed by atoms with Gasteiger partial charge < -0.3 is 9.64 Å². The van der Waals surface area contributed by atoms with Gasteiger partial charge in [-0.15, -0.1) is 0 Å². The highest BCUT2D eigenvalue weighted by Gasteiger charge is 2.55. The van der Waals surface area contributed by atoms with E-state index < -0.39 is 0 Å². The molecule has 2 bridgehead atoms. The summed E-state index contributed by atoms with van der Waals surface area (Å²) >= 11 is 0. The number of carbonyl (C=O) groups is 1. The summed E-state index contributed by atoms with van der Waals surface area (Å²) < 4.78 is 5.09. The number of amides is 1. The first-order valence-electron chi connectivity index (χ1n) is 5.73. The number of hydrogen-bond acceptors (Lipinski definition) is 2. The molecule has 2 aliphatic carbocycles. The van der Waals surface area contributed by atoms with Crippen LogP contribution in [0.3, 0.4) is 0 Å². The summed E-state index contributed by atoms with van der Waals surface area (Å²) in [5.74, 6) is 2.52. The molecule has 3 rings (SSSR count). The zero-order chi connectivity index (χ0) is 9.71. The molecule has 0 aromatic carbocycles. The van der Waals surface area contributed by atoms with Crippen LogP contribution in [0.4, 0.5) is 4.79 Å². The Balaban J connectivity index is 1.75. The SMILES string of the molecule is CCOC(=O)N1C[C@@H]2C[C@H]3C[C@H]2[C@H]1C3. The van der Waals surface area contributed by atoms with E-state index in [0.717, 1.165) is 24.3 Å². The van der Waals surface area contributed by atoms with Gasteiger partial charge in [-0.25, -0.2) is 4.79 Å². The van der Waals surface area contributed by atoms with Crippen LogP contribution in [-0.4, -0.2) is 30.2 Å². The van der Waals surface area contributed by atoms with Gasteiger partial charge >= 0.3 is 6.09 Å². The van der Waals surface area contributed by atoms with Crippen molar-refractivity contribution in [2.24, 2.45) is 17.8 Å². The van der Waals surface area contributed by atoms with Crippen molar-refractivity contribution in [1.82, 2.24) is 4.90 Å². The molecule has 1 saturated heterocycles. The standard InChI is InChI=1S/C11H17NO2/c1-2-14-11(13)12-6-8-3-7-4-9(8)10(12)5-7/h7-10H,2-6H2,1H3/t7-,8-,9+,10+/m0/s1. The van der Waals surface area contributed by atoms with Gasteiger partial charge in [0.15, 0.2) is 0 Å². The van der Waals surface area contributed by atoms with Crippen molar-refractivity contribution in [3.05, 3.63) is 0 Å². The minimum atomic E-state index is -0.0763. The molecule has 0 unspecified atom stereocenters. The van der Waals surface area contributed by atoms with E-state index in [0.29, 0.717) is 12.6 Å². The predicted molar refractivity (Wildman–Crippen MR) is 51.8 cm³/mol. The van der Waals surface area contributed by atoms with Gasteiger partial charge in [0, 0.05) is 12.6 Å². The number of rotatable bonds is 1. The summed E-state index contributed by atoms with van der Waals surface area (Å²) in [7, 11) is 0. The quantitative estimate of drug-likeness (QED) is 0.639. The molecule has 0 aromatic rings. The Morgan fingerprint density at radius 2 is 2.29 bits per heavy atom. The van der Waals surface area contributed by atoms with Crippen LogP contribution in [0.2, 0.25) is 0 Å². The molecule has 1 heterocycles. The Labute approximate surface area is 84.4 Å². The summed E-state index contributed by atoms with van der Waals surface area (Å²) in [6.45, 7) is 3.34. The molecule has 1 aliphatic heterocycles. The van der Waals surface area contributed by atoms with Crippen molar-refractivity contribution in [2.45, 2.75) is 32.2 Å². The van der Waals surface area contributed by atoms with E-state index >= 15 is 0 Å². The van der Waals surface area contributed by atoms with Gasteiger partial charge in [-0.05, 0) is 43.9 Å². The van der Waals surface area contributed by atoms with E-state index in [9.17, 15) is 4.79 Å². The third-order valence-electron chi connectivity index (χ3n) is 4.25. The van der Waals surface area contributed by atoms with Crippen LogP contribution in [0.1, 0.15) is 26.2 Å². The van der Waals surface area contributed by atoms with Crippen molar-refractivity contribution in [3.8, 4) is 0 Å². The summed E-state index contributed by atoms with van der Waals surface area (Å²) in [6.07, 6.45) is 3.88. The largest absolute Gasteiger partial charge is 0.450 e. The molecule has 3 heteroatoms. The predicted octanol–water partition coefficient (Wildman–Crippen LogP) is 1.87. The number of hydrogen-bond donors (Lipinski definition) is 0. The van der Waals surface area contributed by atoms with E-state index in [1.54, 1.807) is 0 Å². The second-order valence-electron chi connectivity index (χ2n) is 4.92. The average Bonchev–Trinajstić information content (AvgIpc) is 2.73. The molecule has 0 N–H and O–H groups in total. The van der Waals surface area contributed by atoms with Gasteiger partial charge in [-0.1, -0.05) is 0 Å². The number of fused-ring (bicyclic) bond motifs is 1. The highest BCUT2D eigenvalue weighted by atomic mass is 16.6. The molecular formula is C11H17NO2. The fraction of sp³-hybridized carbons (Fsp3) is 0.909. The van der Waals surface area contributed by atoms with Crippen LogP contribution < -0.4 is 0 Å².